The number of aliphatic hydroxyl groups is 2. The van der Waals surface area contributed by atoms with Gasteiger partial charge in [0.05, 0.1) is 6.10 Å². The monoisotopic (exact) mass is 420 g/mol. The predicted octanol–water partition coefficient (Wildman–Crippen LogP) is 6.31. The third kappa shape index (κ3) is 3.70. The first-order valence-electron chi connectivity index (χ1n) is 12.8. The zero-order chi connectivity index (χ0) is 21.7. The maximum absolute atomic E-state index is 15.6. The van der Waals surface area contributed by atoms with Crippen LogP contribution in [0.2, 0.25) is 0 Å². The molecule has 172 valence electrons. The minimum atomic E-state index is -0.657. The van der Waals surface area contributed by atoms with Gasteiger partial charge in [0.25, 0.3) is 0 Å². The summed E-state index contributed by atoms with van der Waals surface area (Å²) < 4.78 is 15.6. The summed E-state index contributed by atoms with van der Waals surface area (Å²) in [5, 5.41) is 19.5. The average Bonchev–Trinajstić information content (AvgIpc) is 2.98. The Morgan fingerprint density at radius 3 is 2.63 bits per heavy atom. The van der Waals surface area contributed by atoms with Crippen molar-refractivity contribution >= 4 is 0 Å². The van der Waals surface area contributed by atoms with Crippen LogP contribution in [0.25, 0.3) is 0 Å². The van der Waals surface area contributed by atoms with Crippen molar-refractivity contribution in [1.82, 2.24) is 0 Å². The summed E-state index contributed by atoms with van der Waals surface area (Å²) in [6, 6.07) is 0. The first-order chi connectivity index (χ1) is 14.2. The lowest BCUT2D eigenvalue weighted by Gasteiger charge is -2.58. The number of hydrogen-bond acceptors (Lipinski definition) is 2. The summed E-state index contributed by atoms with van der Waals surface area (Å²) in [4.78, 5) is 0. The van der Waals surface area contributed by atoms with E-state index in [-0.39, 0.29) is 29.5 Å². The molecule has 3 saturated carbocycles. The second-order valence-corrected chi connectivity index (χ2v) is 12.2. The Hall–Kier alpha value is -0.410. The molecule has 0 aromatic heterocycles. The van der Waals surface area contributed by atoms with Crippen LogP contribution in [0, 0.1) is 46.3 Å². The SMILES string of the molecule is C[C@@H](CO)CCC[C@@H](C)C1C(F)CC2C3CC=C4CC(O)CCC4(C)C3CCC21C. The molecule has 0 saturated heterocycles. The molecule has 0 radical (unpaired) electrons. The third-order valence-corrected chi connectivity index (χ3v) is 10.4. The quantitative estimate of drug-likeness (QED) is 0.494. The van der Waals surface area contributed by atoms with Gasteiger partial charge in [-0.25, -0.2) is 4.39 Å². The number of allylic oxidation sites excluding steroid dienone is 1. The molecule has 3 fully saturated rings. The fraction of sp³-hybridized carbons (Fsp3) is 0.926. The molecule has 2 N–H and O–H groups in total. The van der Waals surface area contributed by atoms with Crippen LogP contribution in [0.3, 0.4) is 0 Å². The Morgan fingerprint density at radius 1 is 1.13 bits per heavy atom. The lowest BCUT2D eigenvalue weighted by atomic mass is 9.47. The van der Waals surface area contributed by atoms with Gasteiger partial charge in [-0.05, 0) is 97.7 Å². The Morgan fingerprint density at radius 2 is 1.90 bits per heavy atom. The van der Waals surface area contributed by atoms with Crippen LogP contribution in [0.4, 0.5) is 4.39 Å². The van der Waals surface area contributed by atoms with E-state index >= 15 is 4.39 Å². The minimum Gasteiger partial charge on any atom is -0.396 e. The van der Waals surface area contributed by atoms with Crippen LogP contribution >= 0.6 is 0 Å². The molecule has 0 aromatic rings. The average molecular weight is 421 g/mol. The van der Waals surface area contributed by atoms with E-state index in [1.165, 1.54) is 18.4 Å². The summed E-state index contributed by atoms with van der Waals surface area (Å²) in [5.74, 6) is 2.79. The van der Waals surface area contributed by atoms with E-state index in [4.69, 9.17) is 0 Å². The highest BCUT2D eigenvalue weighted by molar-refractivity contribution is 5.25. The second kappa shape index (κ2) is 8.50. The molecule has 30 heavy (non-hydrogen) atoms. The smallest absolute Gasteiger partial charge is 0.104 e. The van der Waals surface area contributed by atoms with E-state index in [0.29, 0.717) is 29.6 Å². The van der Waals surface area contributed by atoms with Crippen molar-refractivity contribution in [2.45, 2.75) is 104 Å². The molecular formula is C27H45FO2. The van der Waals surface area contributed by atoms with Gasteiger partial charge < -0.3 is 10.2 Å². The maximum Gasteiger partial charge on any atom is 0.104 e. The molecule has 4 rings (SSSR count). The number of fused-ring (bicyclic) bond motifs is 5. The molecular weight excluding hydrogens is 375 g/mol. The van der Waals surface area contributed by atoms with Crippen molar-refractivity contribution in [3.8, 4) is 0 Å². The Labute approximate surface area is 183 Å². The molecule has 4 aliphatic rings. The molecule has 4 aliphatic carbocycles. The summed E-state index contributed by atoms with van der Waals surface area (Å²) in [5.41, 5.74) is 1.88. The van der Waals surface area contributed by atoms with Crippen molar-refractivity contribution in [2.75, 3.05) is 6.61 Å². The summed E-state index contributed by atoms with van der Waals surface area (Å²) in [6.45, 7) is 9.54. The molecule has 0 amide bonds. The largest absolute Gasteiger partial charge is 0.396 e. The van der Waals surface area contributed by atoms with Crippen molar-refractivity contribution in [1.29, 1.82) is 0 Å². The summed E-state index contributed by atoms with van der Waals surface area (Å²) >= 11 is 0. The van der Waals surface area contributed by atoms with Crippen LogP contribution in [0.1, 0.15) is 91.9 Å². The number of halogens is 1. The molecule has 3 heteroatoms. The van der Waals surface area contributed by atoms with Crippen LogP contribution < -0.4 is 0 Å². The normalized spacial score (nSPS) is 47.6. The van der Waals surface area contributed by atoms with Crippen molar-refractivity contribution in [2.24, 2.45) is 46.3 Å². The first-order valence-corrected chi connectivity index (χ1v) is 12.8. The van der Waals surface area contributed by atoms with E-state index in [2.05, 4.69) is 33.8 Å². The van der Waals surface area contributed by atoms with Crippen molar-refractivity contribution in [3.63, 3.8) is 0 Å². The van der Waals surface area contributed by atoms with Gasteiger partial charge in [0.2, 0.25) is 0 Å². The van der Waals surface area contributed by atoms with Gasteiger partial charge >= 0.3 is 0 Å². The molecule has 10 atom stereocenters. The molecule has 2 nitrogen and oxygen atoms in total. The van der Waals surface area contributed by atoms with Gasteiger partial charge in [-0.15, -0.1) is 0 Å². The van der Waals surface area contributed by atoms with E-state index in [9.17, 15) is 10.2 Å². The van der Waals surface area contributed by atoms with Gasteiger partial charge in [0.15, 0.2) is 0 Å². The zero-order valence-corrected chi connectivity index (χ0v) is 19.7. The lowest BCUT2D eigenvalue weighted by Crippen LogP contribution is -2.51. The predicted molar refractivity (Wildman–Crippen MR) is 121 cm³/mol. The van der Waals surface area contributed by atoms with Crippen LogP contribution in [0.15, 0.2) is 11.6 Å². The van der Waals surface area contributed by atoms with Gasteiger partial charge in [0, 0.05) is 6.61 Å². The lowest BCUT2D eigenvalue weighted by molar-refractivity contribution is -0.0595. The van der Waals surface area contributed by atoms with Crippen molar-refractivity contribution in [3.05, 3.63) is 11.6 Å². The number of alkyl halides is 1. The number of aliphatic hydroxyl groups excluding tert-OH is 2. The molecule has 0 bridgehead atoms. The molecule has 0 spiro atoms. The third-order valence-electron chi connectivity index (χ3n) is 10.4. The van der Waals surface area contributed by atoms with Gasteiger partial charge in [-0.1, -0.05) is 52.2 Å². The second-order valence-electron chi connectivity index (χ2n) is 12.2. The first kappa shape index (κ1) is 22.8. The highest BCUT2D eigenvalue weighted by Gasteiger charge is 2.62. The van der Waals surface area contributed by atoms with Crippen LogP contribution in [-0.4, -0.2) is 29.1 Å². The standard InChI is InChI=1S/C27H45FO2/c1-17(16-29)6-5-7-18(2)25-24(28)15-23-21-9-8-19-14-20(30)10-12-26(19,3)22(21)11-13-27(23,25)4/h8,17-18,20-25,29-30H,5-7,9-16H2,1-4H3/t17-,18-,20?,21?,22?,23?,24?,25?,26?,27?/m1/s1. The van der Waals surface area contributed by atoms with Crippen molar-refractivity contribution < 1.29 is 14.6 Å². The minimum absolute atomic E-state index is 0.137. The maximum atomic E-state index is 15.6. The highest BCUT2D eigenvalue weighted by atomic mass is 19.1. The zero-order valence-electron chi connectivity index (χ0n) is 19.7. The van der Waals surface area contributed by atoms with Gasteiger partial charge in [-0.2, -0.15) is 0 Å². The summed E-state index contributed by atoms with van der Waals surface area (Å²) in [7, 11) is 0. The van der Waals surface area contributed by atoms with E-state index in [1.807, 2.05) is 0 Å². The summed E-state index contributed by atoms with van der Waals surface area (Å²) in [6.07, 6.45) is 12.0. The Kier molecular flexibility index (Phi) is 6.45. The van der Waals surface area contributed by atoms with Crippen LogP contribution in [-0.2, 0) is 0 Å². The number of rotatable bonds is 6. The van der Waals surface area contributed by atoms with E-state index < -0.39 is 6.17 Å². The topological polar surface area (TPSA) is 40.5 Å². The number of hydrogen-bond donors (Lipinski definition) is 2. The molecule has 8 unspecified atom stereocenters. The molecule has 0 heterocycles. The van der Waals surface area contributed by atoms with Gasteiger partial charge in [0.1, 0.15) is 6.17 Å². The Balaban J connectivity index is 1.50. The van der Waals surface area contributed by atoms with E-state index in [0.717, 1.165) is 51.4 Å². The van der Waals surface area contributed by atoms with Crippen LogP contribution in [0.5, 0.6) is 0 Å². The fourth-order valence-electron chi connectivity index (χ4n) is 8.72. The molecule has 0 aromatic carbocycles. The Bertz CT molecular complexity index is 647. The van der Waals surface area contributed by atoms with E-state index in [1.54, 1.807) is 0 Å². The van der Waals surface area contributed by atoms with Gasteiger partial charge in [-0.3, -0.25) is 0 Å². The molecule has 0 aliphatic heterocycles. The highest BCUT2D eigenvalue weighted by Crippen LogP contribution is 2.67. The fourth-order valence-corrected chi connectivity index (χ4v) is 8.72.